The topological polar surface area (TPSA) is 30.5 Å². The quantitative estimate of drug-likeness (QED) is 0.923. The summed E-state index contributed by atoms with van der Waals surface area (Å²) in [7, 11) is 0. The van der Waals surface area contributed by atoms with E-state index >= 15 is 0 Å². The number of hydrogen-bond donors (Lipinski definition) is 1. The lowest BCUT2D eigenvalue weighted by Gasteiger charge is -2.09. The molecule has 0 spiro atoms. The molecule has 104 valence electrons. The van der Waals surface area contributed by atoms with Crippen molar-refractivity contribution in [2.45, 2.75) is 20.0 Å². The number of fused-ring (bicyclic) bond motifs is 1. The lowest BCUT2D eigenvalue weighted by Crippen LogP contribution is -2.13. The molecule has 3 rings (SSSR count). The van der Waals surface area contributed by atoms with Gasteiger partial charge in [0.25, 0.3) is 0 Å². The minimum absolute atomic E-state index is 0.300. The maximum atomic E-state index is 5.42. The SMILES string of the molecule is Cc1ccccc1CNCc1cc(Br)c2c(c1)OCO2. The van der Waals surface area contributed by atoms with Crippen LogP contribution in [-0.4, -0.2) is 6.79 Å². The Labute approximate surface area is 127 Å². The maximum absolute atomic E-state index is 5.42. The molecule has 1 aliphatic rings. The molecule has 2 aromatic rings. The van der Waals surface area contributed by atoms with Crippen LogP contribution in [0, 0.1) is 6.92 Å². The molecule has 3 nitrogen and oxygen atoms in total. The molecule has 1 N–H and O–H groups in total. The van der Waals surface area contributed by atoms with Crippen LogP contribution >= 0.6 is 15.9 Å². The molecule has 20 heavy (non-hydrogen) atoms. The first-order chi connectivity index (χ1) is 9.74. The summed E-state index contributed by atoms with van der Waals surface area (Å²) in [5, 5.41) is 3.46. The monoisotopic (exact) mass is 333 g/mol. The van der Waals surface area contributed by atoms with Crippen LogP contribution in [0.3, 0.4) is 0 Å². The highest BCUT2D eigenvalue weighted by Gasteiger charge is 2.17. The molecule has 4 heteroatoms. The van der Waals surface area contributed by atoms with Crippen molar-refractivity contribution in [3.8, 4) is 11.5 Å². The van der Waals surface area contributed by atoms with Crippen LogP contribution in [-0.2, 0) is 13.1 Å². The third kappa shape index (κ3) is 2.81. The number of halogens is 1. The molecule has 0 aliphatic carbocycles. The Bertz CT molecular complexity index is 628. The fraction of sp³-hybridized carbons (Fsp3) is 0.250. The van der Waals surface area contributed by atoms with Crippen molar-refractivity contribution in [2.75, 3.05) is 6.79 Å². The fourth-order valence-electron chi connectivity index (χ4n) is 2.27. The summed E-state index contributed by atoms with van der Waals surface area (Å²) in [6.07, 6.45) is 0. The smallest absolute Gasteiger partial charge is 0.231 e. The van der Waals surface area contributed by atoms with Crippen molar-refractivity contribution < 1.29 is 9.47 Å². The molecular formula is C16H16BrNO2. The Morgan fingerprint density at radius 1 is 1.15 bits per heavy atom. The Hall–Kier alpha value is -1.52. The third-order valence-electron chi connectivity index (χ3n) is 3.39. The first-order valence-corrected chi connectivity index (χ1v) is 7.36. The summed E-state index contributed by atoms with van der Waals surface area (Å²) < 4.78 is 11.8. The van der Waals surface area contributed by atoms with Crippen molar-refractivity contribution >= 4 is 15.9 Å². The predicted molar refractivity (Wildman–Crippen MR) is 82.0 cm³/mol. The van der Waals surface area contributed by atoms with Crippen molar-refractivity contribution in [3.05, 3.63) is 57.6 Å². The van der Waals surface area contributed by atoms with Gasteiger partial charge in [-0.3, -0.25) is 0 Å². The van der Waals surface area contributed by atoms with E-state index in [2.05, 4.69) is 58.5 Å². The average Bonchev–Trinajstić information content (AvgIpc) is 2.90. The zero-order valence-electron chi connectivity index (χ0n) is 11.3. The van der Waals surface area contributed by atoms with Crippen LogP contribution < -0.4 is 14.8 Å². The fourth-order valence-corrected chi connectivity index (χ4v) is 2.88. The van der Waals surface area contributed by atoms with E-state index in [0.717, 1.165) is 29.1 Å². The molecule has 0 radical (unpaired) electrons. The van der Waals surface area contributed by atoms with Gasteiger partial charge in [0.2, 0.25) is 6.79 Å². The van der Waals surface area contributed by atoms with Crippen LogP contribution in [0.1, 0.15) is 16.7 Å². The number of hydrogen-bond acceptors (Lipinski definition) is 3. The van der Waals surface area contributed by atoms with Crippen LogP contribution in [0.25, 0.3) is 0 Å². The molecule has 1 heterocycles. The molecule has 0 atom stereocenters. The molecule has 2 aromatic carbocycles. The van der Waals surface area contributed by atoms with Crippen molar-refractivity contribution in [1.82, 2.24) is 5.32 Å². The van der Waals surface area contributed by atoms with Gasteiger partial charge in [0.05, 0.1) is 4.47 Å². The molecule has 0 aromatic heterocycles. The van der Waals surface area contributed by atoms with Gasteiger partial charge in [-0.15, -0.1) is 0 Å². The number of rotatable bonds is 4. The van der Waals surface area contributed by atoms with E-state index in [1.165, 1.54) is 16.7 Å². The highest BCUT2D eigenvalue weighted by molar-refractivity contribution is 9.10. The largest absolute Gasteiger partial charge is 0.454 e. The van der Waals surface area contributed by atoms with Gasteiger partial charge in [0.15, 0.2) is 11.5 Å². The molecular weight excluding hydrogens is 318 g/mol. The number of nitrogens with one attached hydrogen (secondary N) is 1. The van der Waals surface area contributed by atoms with E-state index in [-0.39, 0.29) is 0 Å². The van der Waals surface area contributed by atoms with Crippen molar-refractivity contribution in [1.29, 1.82) is 0 Å². The van der Waals surface area contributed by atoms with Gasteiger partial charge < -0.3 is 14.8 Å². The summed E-state index contributed by atoms with van der Waals surface area (Å²) >= 11 is 3.51. The summed E-state index contributed by atoms with van der Waals surface area (Å²) in [5.74, 6) is 1.61. The second-order valence-corrected chi connectivity index (χ2v) is 5.70. The second kappa shape index (κ2) is 5.85. The van der Waals surface area contributed by atoms with Gasteiger partial charge in [-0.2, -0.15) is 0 Å². The molecule has 0 unspecified atom stereocenters. The third-order valence-corrected chi connectivity index (χ3v) is 3.98. The lowest BCUT2D eigenvalue weighted by molar-refractivity contribution is 0.173. The van der Waals surface area contributed by atoms with E-state index in [1.807, 2.05) is 6.07 Å². The average molecular weight is 334 g/mol. The van der Waals surface area contributed by atoms with E-state index in [1.54, 1.807) is 0 Å². The second-order valence-electron chi connectivity index (χ2n) is 4.84. The number of ether oxygens (including phenoxy) is 2. The Kier molecular flexibility index (Phi) is 3.94. The molecule has 0 bridgehead atoms. The van der Waals surface area contributed by atoms with Gasteiger partial charge in [-0.05, 0) is 51.7 Å². The highest BCUT2D eigenvalue weighted by atomic mass is 79.9. The summed E-state index contributed by atoms with van der Waals surface area (Å²) in [5.41, 5.74) is 3.81. The lowest BCUT2D eigenvalue weighted by atomic mass is 10.1. The zero-order chi connectivity index (χ0) is 13.9. The van der Waals surface area contributed by atoms with Crippen LogP contribution in [0.2, 0.25) is 0 Å². The molecule has 1 aliphatic heterocycles. The number of benzene rings is 2. The van der Waals surface area contributed by atoms with Crippen LogP contribution in [0.4, 0.5) is 0 Å². The standard InChI is InChI=1S/C16H16BrNO2/c1-11-4-2-3-5-13(11)9-18-8-12-6-14(17)16-15(7-12)19-10-20-16/h2-7,18H,8-10H2,1H3. The molecule has 0 amide bonds. The highest BCUT2D eigenvalue weighted by Crippen LogP contribution is 2.39. The van der Waals surface area contributed by atoms with Gasteiger partial charge in [0, 0.05) is 13.1 Å². The first-order valence-electron chi connectivity index (χ1n) is 6.57. The minimum atomic E-state index is 0.300. The Balaban J connectivity index is 1.65. The van der Waals surface area contributed by atoms with E-state index < -0.39 is 0 Å². The molecule has 0 saturated heterocycles. The Morgan fingerprint density at radius 3 is 2.85 bits per heavy atom. The van der Waals surface area contributed by atoms with Crippen molar-refractivity contribution in [2.24, 2.45) is 0 Å². The van der Waals surface area contributed by atoms with Gasteiger partial charge >= 0.3 is 0 Å². The summed E-state index contributed by atoms with van der Waals surface area (Å²) in [6.45, 7) is 4.09. The van der Waals surface area contributed by atoms with Gasteiger partial charge in [-0.25, -0.2) is 0 Å². The molecule has 0 fully saturated rings. The van der Waals surface area contributed by atoms with Crippen LogP contribution in [0.15, 0.2) is 40.9 Å². The van der Waals surface area contributed by atoms with Gasteiger partial charge in [-0.1, -0.05) is 24.3 Å². The van der Waals surface area contributed by atoms with E-state index in [0.29, 0.717) is 6.79 Å². The first kappa shape index (κ1) is 13.5. The number of aryl methyl sites for hydroxylation is 1. The maximum Gasteiger partial charge on any atom is 0.231 e. The van der Waals surface area contributed by atoms with E-state index in [9.17, 15) is 0 Å². The normalized spacial score (nSPS) is 12.7. The zero-order valence-corrected chi connectivity index (χ0v) is 12.9. The summed E-state index contributed by atoms with van der Waals surface area (Å²) in [6, 6.07) is 12.5. The van der Waals surface area contributed by atoms with E-state index in [4.69, 9.17) is 9.47 Å². The summed E-state index contributed by atoms with van der Waals surface area (Å²) in [4.78, 5) is 0. The Morgan fingerprint density at radius 2 is 2.00 bits per heavy atom. The minimum Gasteiger partial charge on any atom is -0.454 e. The molecule has 0 saturated carbocycles. The van der Waals surface area contributed by atoms with Crippen LogP contribution in [0.5, 0.6) is 11.5 Å². The van der Waals surface area contributed by atoms with Crippen molar-refractivity contribution in [3.63, 3.8) is 0 Å². The van der Waals surface area contributed by atoms with Gasteiger partial charge in [0.1, 0.15) is 0 Å². The predicted octanol–water partition coefficient (Wildman–Crippen LogP) is 3.78.